The van der Waals surface area contributed by atoms with Crippen LogP contribution in [-0.2, 0) is 4.74 Å². The molecule has 0 aromatic heterocycles. The first-order valence-electron chi connectivity index (χ1n) is 6.15. The number of hydrogen-bond acceptors (Lipinski definition) is 4. The van der Waals surface area contributed by atoms with Gasteiger partial charge in [0, 0.05) is 17.6 Å². The van der Waals surface area contributed by atoms with Crippen molar-refractivity contribution in [3.05, 3.63) is 28.2 Å². The van der Waals surface area contributed by atoms with Crippen LogP contribution >= 0.6 is 15.9 Å². The van der Waals surface area contributed by atoms with E-state index < -0.39 is 5.91 Å². The highest BCUT2D eigenvalue weighted by Crippen LogP contribution is 2.26. The molecule has 0 radical (unpaired) electrons. The number of carbonyl (C=O) groups excluding carboxylic acids is 1. The van der Waals surface area contributed by atoms with Crippen molar-refractivity contribution in [3.8, 4) is 5.75 Å². The molecule has 1 heterocycles. The first-order valence-corrected chi connectivity index (χ1v) is 6.94. The topological polar surface area (TPSA) is 73.6 Å². The van der Waals surface area contributed by atoms with Crippen LogP contribution in [0.15, 0.2) is 22.7 Å². The number of nitrogens with two attached hydrogens (primary N) is 1. The minimum atomic E-state index is -0.515. The Bertz CT molecular complexity index is 467. The van der Waals surface area contributed by atoms with Crippen molar-refractivity contribution in [2.45, 2.75) is 19.1 Å². The van der Waals surface area contributed by atoms with Crippen molar-refractivity contribution in [2.75, 3.05) is 19.7 Å². The second-order valence-corrected chi connectivity index (χ2v) is 5.37. The van der Waals surface area contributed by atoms with Gasteiger partial charge in [0.15, 0.2) is 0 Å². The molecule has 1 aromatic rings. The number of benzene rings is 1. The van der Waals surface area contributed by atoms with E-state index in [0.29, 0.717) is 22.4 Å². The van der Waals surface area contributed by atoms with Crippen molar-refractivity contribution < 1.29 is 14.3 Å². The molecule has 1 amide bonds. The first kappa shape index (κ1) is 14.3. The van der Waals surface area contributed by atoms with Crippen LogP contribution in [0.1, 0.15) is 17.3 Å². The molecule has 2 atom stereocenters. The van der Waals surface area contributed by atoms with Crippen molar-refractivity contribution in [1.29, 1.82) is 0 Å². The first-order chi connectivity index (χ1) is 9.08. The molecule has 1 saturated heterocycles. The lowest BCUT2D eigenvalue weighted by molar-refractivity contribution is -0.0471. The van der Waals surface area contributed by atoms with Gasteiger partial charge in [0.25, 0.3) is 5.91 Å². The Morgan fingerprint density at radius 3 is 3.05 bits per heavy atom. The number of amides is 1. The van der Waals surface area contributed by atoms with E-state index in [1.54, 1.807) is 18.2 Å². The molecule has 2 unspecified atom stereocenters. The summed E-state index contributed by atoms with van der Waals surface area (Å²) in [6.07, 6.45) is 0.143. The van der Waals surface area contributed by atoms with Crippen LogP contribution in [0.25, 0.3) is 0 Å². The normalized spacial score (nSPS) is 23.1. The Balaban J connectivity index is 2.03. The minimum Gasteiger partial charge on any atom is -0.490 e. The van der Waals surface area contributed by atoms with E-state index in [1.165, 1.54) is 0 Å². The molecule has 1 fully saturated rings. The Morgan fingerprint density at radius 2 is 2.37 bits per heavy atom. The van der Waals surface area contributed by atoms with E-state index in [2.05, 4.69) is 21.2 Å². The molecule has 0 spiro atoms. The lowest BCUT2D eigenvalue weighted by Crippen LogP contribution is -2.45. The zero-order valence-electron chi connectivity index (χ0n) is 10.7. The number of nitrogens with one attached hydrogen (secondary N) is 1. The van der Waals surface area contributed by atoms with Crippen molar-refractivity contribution in [1.82, 2.24) is 5.32 Å². The summed E-state index contributed by atoms with van der Waals surface area (Å²) in [7, 11) is 0. The summed E-state index contributed by atoms with van der Waals surface area (Å²) in [5.74, 6) is -0.0396. The fourth-order valence-electron chi connectivity index (χ4n) is 2.02. The number of ether oxygens (including phenoxy) is 2. The number of halogens is 1. The van der Waals surface area contributed by atoms with Gasteiger partial charge in [0.2, 0.25) is 0 Å². The molecular weight excluding hydrogens is 312 g/mol. The summed E-state index contributed by atoms with van der Waals surface area (Å²) < 4.78 is 12.0. The zero-order chi connectivity index (χ0) is 13.8. The molecule has 6 heteroatoms. The largest absolute Gasteiger partial charge is 0.490 e. The number of morpholine rings is 1. The number of rotatable bonds is 4. The fourth-order valence-corrected chi connectivity index (χ4v) is 2.56. The zero-order valence-corrected chi connectivity index (χ0v) is 12.3. The van der Waals surface area contributed by atoms with Gasteiger partial charge >= 0.3 is 0 Å². The third-order valence-electron chi connectivity index (χ3n) is 2.88. The second kappa shape index (κ2) is 6.36. The van der Waals surface area contributed by atoms with Crippen molar-refractivity contribution in [2.24, 2.45) is 5.73 Å². The molecule has 3 N–H and O–H groups in total. The Labute approximate surface area is 120 Å². The van der Waals surface area contributed by atoms with Gasteiger partial charge in [-0.1, -0.05) is 6.07 Å². The van der Waals surface area contributed by atoms with E-state index in [0.717, 1.165) is 13.1 Å². The van der Waals surface area contributed by atoms with Gasteiger partial charge in [-0.25, -0.2) is 0 Å². The fraction of sp³-hybridized carbons (Fsp3) is 0.462. The molecule has 19 heavy (non-hydrogen) atoms. The van der Waals surface area contributed by atoms with Crippen molar-refractivity contribution in [3.63, 3.8) is 0 Å². The monoisotopic (exact) mass is 328 g/mol. The highest BCUT2D eigenvalue weighted by molar-refractivity contribution is 9.10. The van der Waals surface area contributed by atoms with Crippen LogP contribution in [0.5, 0.6) is 5.75 Å². The predicted octanol–water partition coefficient (Wildman–Crippen LogP) is 1.30. The number of carbonyl (C=O) groups is 1. The van der Waals surface area contributed by atoms with E-state index in [1.807, 2.05) is 6.92 Å². The lowest BCUT2D eigenvalue weighted by atomic mass is 10.2. The summed E-state index contributed by atoms with van der Waals surface area (Å²) in [5, 5.41) is 3.26. The van der Waals surface area contributed by atoms with Crippen LogP contribution in [0.4, 0.5) is 0 Å². The lowest BCUT2D eigenvalue weighted by Gasteiger charge is -2.28. The highest BCUT2D eigenvalue weighted by Gasteiger charge is 2.20. The molecule has 1 aromatic carbocycles. The van der Waals surface area contributed by atoms with Crippen LogP contribution < -0.4 is 15.8 Å². The van der Waals surface area contributed by atoms with Gasteiger partial charge in [-0.15, -0.1) is 0 Å². The van der Waals surface area contributed by atoms with Crippen LogP contribution in [0.2, 0.25) is 0 Å². The van der Waals surface area contributed by atoms with Crippen LogP contribution in [0, 0.1) is 0 Å². The summed E-state index contributed by atoms with van der Waals surface area (Å²) in [6, 6.07) is 5.28. The van der Waals surface area contributed by atoms with Gasteiger partial charge in [0.1, 0.15) is 18.5 Å². The van der Waals surface area contributed by atoms with E-state index in [4.69, 9.17) is 15.2 Å². The van der Waals surface area contributed by atoms with Gasteiger partial charge in [-0.2, -0.15) is 0 Å². The van der Waals surface area contributed by atoms with E-state index in [-0.39, 0.29) is 12.2 Å². The quantitative estimate of drug-likeness (QED) is 0.873. The van der Waals surface area contributed by atoms with Gasteiger partial charge < -0.3 is 20.5 Å². The molecule has 2 rings (SSSR count). The van der Waals surface area contributed by atoms with Gasteiger partial charge in [-0.05, 0) is 35.0 Å². The Kier molecular flexibility index (Phi) is 4.79. The van der Waals surface area contributed by atoms with E-state index in [9.17, 15) is 4.79 Å². The summed E-state index contributed by atoms with van der Waals surface area (Å²) in [4.78, 5) is 11.4. The second-order valence-electron chi connectivity index (χ2n) is 4.52. The van der Waals surface area contributed by atoms with Crippen molar-refractivity contribution >= 4 is 21.8 Å². The predicted molar refractivity (Wildman–Crippen MR) is 75.4 cm³/mol. The number of primary amides is 1. The SMILES string of the molecule is CC1CNCC(COc2cccc(Br)c2C(N)=O)O1. The van der Waals surface area contributed by atoms with Crippen LogP contribution in [-0.4, -0.2) is 37.8 Å². The molecule has 0 bridgehead atoms. The molecule has 5 nitrogen and oxygen atoms in total. The van der Waals surface area contributed by atoms with E-state index >= 15 is 0 Å². The number of hydrogen-bond donors (Lipinski definition) is 2. The smallest absolute Gasteiger partial charge is 0.253 e. The highest BCUT2D eigenvalue weighted by atomic mass is 79.9. The molecule has 1 aliphatic rings. The molecule has 0 saturated carbocycles. The van der Waals surface area contributed by atoms with Gasteiger partial charge in [-0.3, -0.25) is 4.79 Å². The summed E-state index contributed by atoms with van der Waals surface area (Å²) in [5.41, 5.74) is 5.71. The third kappa shape index (κ3) is 3.68. The van der Waals surface area contributed by atoms with Crippen LogP contribution in [0.3, 0.4) is 0 Å². The Morgan fingerprint density at radius 1 is 1.58 bits per heavy atom. The maximum absolute atomic E-state index is 11.4. The minimum absolute atomic E-state index is 0.0246. The average molecular weight is 329 g/mol. The Hall–Kier alpha value is -1.11. The maximum atomic E-state index is 11.4. The molecule has 1 aliphatic heterocycles. The third-order valence-corrected chi connectivity index (χ3v) is 3.54. The molecular formula is C13H17BrN2O3. The summed E-state index contributed by atoms with van der Waals surface area (Å²) in [6.45, 7) is 3.98. The summed E-state index contributed by atoms with van der Waals surface area (Å²) >= 11 is 3.30. The maximum Gasteiger partial charge on any atom is 0.253 e. The average Bonchev–Trinajstić information content (AvgIpc) is 2.36. The molecule has 0 aliphatic carbocycles. The molecule has 104 valence electrons. The van der Waals surface area contributed by atoms with Gasteiger partial charge in [0.05, 0.1) is 11.7 Å². The standard InChI is InChI=1S/C13H17BrN2O3/c1-8-5-16-6-9(19-8)7-18-11-4-2-3-10(14)12(11)13(15)17/h2-4,8-9,16H,5-7H2,1H3,(H2,15,17).